The zero-order valence-electron chi connectivity index (χ0n) is 22.8. The van der Waals surface area contributed by atoms with Gasteiger partial charge in [-0.05, 0) is 67.0 Å². The first-order valence-corrected chi connectivity index (χ1v) is 15.7. The molecule has 2 atom stereocenters. The minimum atomic E-state index is -2.65. The van der Waals surface area contributed by atoms with Crippen LogP contribution in [-0.4, -0.2) is 62.2 Å². The SMILES string of the molecule is N#Cc1cccc(C2CN(N=O)C2)n1.NC(=O)c1cc2cc(C(F)P(O)O)ccc2s1.O=C1CCCCC2CCCN12. The number of hydrogen-bond acceptors (Lipinski definition) is 9. The maximum Gasteiger partial charge on any atom is 0.258 e. The van der Waals surface area contributed by atoms with Gasteiger partial charge in [0, 0.05) is 48.4 Å². The number of amides is 2. The van der Waals surface area contributed by atoms with Gasteiger partial charge in [-0.1, -0.05) is 18.6 Å². The highest BCUT2D eigenvalue weighted by Gasteiger charge is 2.30. The molecular formula is C28H32FN6O5PS. The van der Waals surface area contributed by atoms with Gasteiger partial charge >= 0.3 is 0 Å². The Hall–Kier alpha value is -3.56. The van der Waals surface area contributed by atoms with Gasteiger partial charge in [0.15, 0.2) is 5.91 Å². The Morgan fingerprint density at radius 3 is 2.64 bits per heavy atom. The summed E-state index contributed by atoms with van der Waals surface area (Å²) in [5.41, 5.74) is 6.61. The summed E-state index contributed by atoms with van der Waals surface area (Å²) in [5, 5.41) is 13.5. The number of thiophene rings is 1. The van der Waals surface area contributed by atoms with E-state index >= 15 is 0 Å². The molecule has 4 N–H and O–H groups in total. The second-order valence-electron chi connectivity index (χ2n) is 10.3. The molecule has 2 amide bonds. The Kier molecular flexibility index (Phi) is 10.9. The number of nitriles is 1. The Morgan fingerprint density at radius 1 is 1.19 bits per heavy atom. The van der Waals surface area contributed by atoms with Gasteiger partial charge in [-0.3, -0.25) is 14.6 Å². The molecule has 3 aliphatic heterocycles. The van der Waals surface area contributed by atoms with Crippen LogP contribution in [0.4, 0.5) is 4.39 Å². The largest absolute Gasteiger partial charge is 0.365 e. The molecule has 0 bridgehead atoms. The van der Waals surface area contributed by atoms with Crippen LogP contribution in [0.2, 0.25) is 0 Å². The molecule has 3 aliphatic rings. The van der Waals surface area contributed by atoms with Crippen molar-refractivity contribution < 1.29 is 23.8 Å². The number of nitrogens with zero attached hydrogens (tertiary/aromatic N) is 5. The number of hydrogen-bond donors (Lipinski definition) is 3. The van der Waals surface area contributed by atoms with E-state index in [0.29, 0.717) is 41.0 Å². The van der Waals surface area contributed by atoms with Crippen molar-refractivity contribution in [2.75, 3.05) is 19.6 Å². The molecular weight excluding hydrogens is 582 g/mol. The molecule has 0 radical (unpaired) electrons. The number of fused-ring (bicyclic) bond motifs is 2. The van der Waals surface area contributed by atoms with Crippen LogP contribution in [0, 0.1) is 16.2 Å². The third kappa shape index (κ3) is 7.83. The number of rotatable bonds is 5. The molecule has 6 rings (SSSR count). The summed E-state index contributed by atoms with van der Waals surface area (Å²) in [6.45, 7) is 2.24. The summed E-state index contributed by atoms with van der Waals surface area (Å²) < 4.78 is 14.2. The van der Waals surface area contributed by atoms with Crippen LogP contribution in [-0.2, 0) is 4.79 Å². The molecule has 11 nitrogen and oxygen atoms in total. The van der Waals surface area contributed by atoms with Crippen LogP contribution in [0.25, 0.3) is 10.1 Å². The van der Waals surface area contributed by atoms with Crippen molar-refractivity contribution in [3.63, 3.8) is 0 Å². The van der Waals surface area contributed by atoms with E-state index in [2.05, 4.69) is 15.2 Å². The minimum Gasteiger partial charge on any atom is -0.365 e. The van der Waals surface area contributed by atoms with Gasteiger partial charge < -0.3 is 20.4 Å². The zero-order chi connectivity index (χ0) is 30.2. The van der Waals surface area contributed by atoms with Gasteiger partial charge in [-0.2, -0.15) is 5.26 Å². The molecule has 0 aliphatic carbocycles. The quantitative estimate of drug-likeness (QED) is 0.270. The Balaban J connectivity index is 0.000000148. The van der Waals surface area contributed by atoms with Gasteiger partial charge in [0.05, 0.1) is 10.2 Å². The molecule has 2 aromatic heterocycles. The molecule has 14 heteroatoms. The first-order valence-electron chi connectivity index (χ1n) is 13.6. The average Bonchev–Trinajstić information content (AvgIpc) is 3.58. The van der Waals surface area contributed by atoms with Crippen molar-refractivity contribution in [2.45, 2.75) is 56.4 Å². The summed E-state index contributed by atoms with van der Waals surface area (Å²) in [6.07, 6.45) is 6.92. The van der Waals surface area contributed by atoms with Crippen molar-refractivity contribution >= 4 is 41.6 Å². The number of pyridine rings is 1. The van der Waals surface area contributed by atoms with E-state index in [0.717, 1.165) is 29.8 Å². The lowest BCUT2D eigenvalue weighted by atomic mass is 9.97. The van der Waals surface area contributed by atoms with Crippen LogP contribution >= 0.6 is 19.7 Å². The van der Waals surface area contributed by atoms with E-state index in [1.165, 1.54) is 54.2 Å². The molecule has 0 spiro atoms. The maximum absolute atomic E-state index is 13.4. The van der Waals surface area contributed by atoms with E-state index in [1.54, 1.807) is 24.3 Å². The first-order chi connectivity index (χ1) is 20.2. The highest BCUT2D eigenvalue weighted by molar-refractivity contribution is 7.45. The van der Waals surface area contributed by atoms with E-state index < -0.39 is 20.2 Å². The second kappa shape index (κ2) is 14.6. The molecule has 3 aromatic rings. The van der Waals surface area contributed by atoms with E-state index in [1.807, 2.05) is 12.1 Å². The molecule has 3 fully saturated rings. The predicted molar refractivity (Wildman–Crippen MR) is 158 cm³/mol. The van der Waals surface area contributed by atoms with Crippen molar-refractivity contribution in [2.24, 2.45) is 11.0 Å². The summed E-state index contributed by atoms with van der Waals surface area (Å²) in [5.74, 6) is -1.69. The Morgan fingerprint density at radius 2 is 1.95 bits per heavy atom. The van der Waals surface area contributed by atoms with Crippen LogP contribution in [0.3, 0.4) is 0 Å². The normalized spacial score (nSPS) is 18.9. The topological polar surface area (TPSA) is 173 Å². The molecule has 3 saturated heterocycles. The highest BCUT2D eigenvalue weighted by Crippen LogP contribution is 2.45. The molecule has 2 unspecified atom stereocenters. The fourth-order valence-electron chi connectivity index (χ4n) is 5.18. The number of alkyl halides is 1. The van der Waals surface area contributed by atoms with Crippen LogP contribution in [0.1, 0.15) is 77.0 Å². The number of primary amides is 1. The van der Waals surface area contributed by atoms with Crippen molar-refractivity contribution in [3.05, 3.63) is 69.2 Å². The molecule has 1 aromatic carbocycles. The van der Waals surface area contributed by atoms with Gasteiger partial charge in [0.25, 0.3) is 5.91 Å². The van der Waals surface area contributed by atoms with Crippen LogP contribution < -0.4 is 5.73 Å². The van der Waals surface area contributed by atoms with Crippen molar-refractivity contribution in [1.29, 1.82) is 5.26 Å². The smallest absolute Gasteiger partial charge is 0.258 e. The number of nitrogens with two attached hydrogens (primary N) is 1. The van der Waals surface area contributed by atoms with E-state index in [9.17, 15) is 18.9 Å². The number of carbonyl (C=O) groups excluding carboxylic acids is 2. The van der Waals surface area contributed by atoms with E-state index in [4.69, 9.17) is 20.8 Å². The number of carbonyl (C=O) groups is 2. The summed E-state index contributed by atoms with van der Waals surface area (Å²) in [6, 6.07) is 14.1. The number of halogens is 1. The standard InChI is InChI=1S/C10H9FNO3PS.C9H8N4O.C9H15NO/c11-9(16(14)15)5-1-2-7-6(3-5)4-8(17-7)10(12)13;10-4-8-2-1-3-9(11-8)7-5-13(6-7)12-14;11-9-6-2-1-4-8-5-3-7-10(8)9/h1-4,9,14-15H,(H2,12,13);1-3,7H,5-6H2;8H,1-7H2. The summed E-state index contributed by atoms with van der Waals surface area (Å²) in [4.78, 5) is 56.8. The third-order valence-electron chi connectivity index (χ3n) is 7.42. The second-order valence-corrected chi connectivity index (χ2v) is 12.4. The first kappa shape index (κ1) is 31.4. The zero-order valence-corrected chi connectivity index (χ0v) is 24.5. The van der Waals surface area contributed by atoms with Gasteiger partial charge in [0.2, 0.25) is 14.3 Å². The van der Waals surface area contributed by atoms with E-state index in [-0.39, 0.29) is 11.5 Å². The Labute approximate surface area is 247 Å². The number of benzene rings is 1. The average molecular weight is 615 g/mol. The number of aromatic nitrogens is 1. The lowest BCUT2D eigenvalue weighted by Crippen LogP contribution is -2.41. The third-order valence-corrected chi connectivity index (χ3v) is 9.25. The van der Waals surface area contributed by atoms with Crippen molar-refractivity contribution in [1.82, 2.24) is 14.9 Å². The fraction of sp³-hybridized carbons (Fsp3) is 0.429. The van der Waals surface area contributed by atoms with Crippen molar-refractivity contribution in [3.8, 4) is 6.07 Å². The minimum absolute atomic E-state index is 0.183. The molecule has 5 heterocycles. The van der Waals surface area contributed by atoms with Crippen LogP contribution in [0.15, 0.2) is 47.8 Å². The number of nitroso groups, excluding NO2 is 1. The van der Waals surface area contributed by atoms with Gasteiger partial charge in [-0.25, -0.2) is 9.37 Å². The highest BCUT2D eigenvalue weighted by atomic mass is 32.1. The van der Waals surface area contributed by atoms with Crippen LogP contribution in [0.5, 0.6) is 0 Å². The fourth-order valence-corrected chi connectivity index (χ4v) is 6.50. The predicted octanol–water partition coefficient (Wildman–Crippen LogP) is 4.85. The summed E-state index contributed by atoms with van der Waals surface area (Å²) >= 11 is 1.22. The Bertz CT molecular complexity index is 1460. The molecule has 0 saturated carbocycles. The monoisotopic (exact) mass is 614 g/mol. The summed E-state index contributed by atoms with van der Waals surface area (Å²) in [7, 11) is -2.65. The van der Waals surface area contributed by atoms with Gasteiger partial charge in [-0.15, -0.1) is 16.2 Å². The molecule has 222 valence electrons. The van der Waals surface area contributed by atoms with Gasteiger partial charge in [0.1, 0.15) is 11.8 Å². The lowest BCUT2D eigenvalue weighted by Gasteiger charge is -2.33. The lowest BCUT2D eigenvalue weighted by molar-refractivity contribution is -0.131. The maximum atomic E-state index is 13.4. The molecule has 42 heavy (non-hydrogen) atoms.